The van der Waals surface area contributed by atoms with E-state index in [1.54, 1.807) is 6.07 Å². The Kier molecular flexibility index (Phi) is 5.80. The van der Waals surface area contributed by atoms with E-state index in [2.05, 4.69) is 5.32 Å². The van der Waals surface area contributed by atoms with Gasteiger partial charge in [-0.05, 0) is 44.9 Å². The second kappa shape index (κ2) is 7.60. The molecule has 0 aromatic heterocycles. The molecule has 3 nitrogen and oxygen atoms in total. The maximum absolute atomic E-state index is 14.0. The van der Waals surface area contributed by atoms with Gasteiger partial charge in [-0.15, -0.1) is 0 Å². The Morgan fingerprint density at radius 2 is 2.30 bits per heavy atom. The lowest BCUT2D eigenvalue weighted by molar-refractivity contribution is -0.0113. The van der Waals surface area contributed by atoms with Crippen LogP contribution in [0.25, 0.3) is 0 Å². The van der Waals surface area contributed by atoms with Crippen molar-refractivity contribution in [1.82, 2.24) is 5.32 Å². The number of halogens is 1. The summed E-state index contributed by atoms with van der Waals surface area (Å²) in [5.74, 6) is 0.396. The van der Waals surface area contributed by atoms with Gasteiger partial charge in [-0.1, -0.05) is 13.0 Å². The Morgan fingerprint density at radius 1 is 1.45 bits per heavy atom. The van der Waals surface area contributed by atoms with Gasteiger partial charge in [-0.3, -0.25) is 0 Å². The van der Waals surface area contributed by atoms with Gasteiger partial charge in [-0.25, -0.2) is 4.39 Å². The number of ether oxygens (including phenoxy) is 2. The summed E-state index contributed by atoms with van der Waals surface area (Å²) in [6, 6.07) is 4.93. The lowest BCUT2D eigenvalue weighted by Gasteiger charge is -2.24. The van der Waals surface area contributed by atoms with E-state index in [0.29, 0.717) is 17.9 Å². The van der Waals surface area contributed by atoms with E-state index in [9.17, 15) is 4.39 Å². The van der Waals surface area contributed by atoms with Crippen molar-refractivity contribution < 1.29 is 13.9 Å². The molecule has 1 aromatic carbocycles. The van der Waals surface area contributed by atoms with Gasteiger partial charge in [0, 0.05) is 18.2 Å². The first-order valence-electron chi connectivity index (χ1n) is 7.48. The quantitative estimate of drug-likeness (QED) is 0.866. The van der Waals surface area contributed by atoms with Gasteiger partial charge in [0.2, 0.25) is 0 Å². The van der Waals surface area contributed by atoms with Crippen LogP contribution in [0.4, 0.5) is 4.39 Å². The summed E-state index contributed by atoms with van der Waals surface area (Å²) < 4.78 is 25.5. The summed E-state index contributed by atoms with van der Waals surface area (Å²) in [7, 11) is 0. The molecule has 1 N–H and O–H groups in total. The minimum atomic E-state index is -0.222. The van der Waals surface area contributed by atoms with E-state index in [1.165, 1.54) is 12.5 Å². The number of hydrogen-bond donors (Lipinski definition) is 1. The molecule has 0 radical (unpaired) electrons. The van der Waals surface area contributed by atoms with Gasteiger partial charge in [0.05, 0.1) is 6.10 Å². The Balaban J connectivity index is 2.04. The zero-order valence-electron chi connectivity index (χ0n) is 12.3. The van der Waals surface area contributed by atoms with Crippen LogP contribution in [0.2, 0.25) is 0 Å². The number of hydrogen-bond acceptors (Lipinski definition) is 3. The van der Waals surface area contributed by atoms with Crippen LogP contribution in [0.15, 0.2) is 18.2 Å². The van der Waals surface area contributed by atoms with Crippen molar-refractivity contribution in [2.24, 2.45) is 0 Å². The van der Waals surface area contributed by atoms with Gasteiger partial charge < -0.3 is 14.8 Å². The van der Waals surface area contributed by atoms with Crippen molar-refractivity contribution in [3.05, 3.63) is 29.6 Å². The lowest BCUT2D eigenvalue weighted by Crippen LogP contribution is -2.26. The molecule has 4 heteroatoms. The van der Waals surface area contributed by atoms with Crippen molar-refractivity contribution in [3.63, 3.8) is 0 Å². The van der Waals surface area contributed by atoms with E-state index in [0.717, 1.165) is 26.0 Å². The maximum atomic E-state index is 14.0. The smallest absolute Gasteiger partial charge is 0.131 e. The van der Waals surface area contributed by atoms with Crippen molar-refractivity contribution in [3.8, 4) is 5.75 Å². The van der Waals surface area contributed by atoms with Gasteiger partial charge in [0.1, 0.15) is 18.2 Å². The van der Waals surface area contributed by atoms with Gasteiger partial charge in [0.15, 0.2) is 0 Å². The molecule has 0 aliphatic carbocycles. The van der Waals surface area contributed by atoms with Crippen LogP contribution < -0.4 is 10.1 Å². The van der Waals surface area contributed by atoms with E-state index >= 15 is 0 Å². The highest BCUT2D eigenvalue weighted by Crippen LogP contribution is 2.28. The molecular formula is C16H24FNO2. The van der Waals surface area contributed by atoms with Crippen LogP contribution in [-0.2, 0) is 4.74 Å². The third-order valence-electron chi connectivity index (χ3n) is 3.65. The molecule has 1 heterocycles. The lowest BCUT2D eigenvalue weighted by atomic mass is 10.1. The summed E-state index contributed by atoms with van der Waals surface area (Å²) >= 11 is 0. The average Bonchev–Trinajstić information content (AvgIpc) is 2.46. The molecule has 0 spiro atoms. The van der Waals surface area contributed by atoms with Crippen LogP contribution in [0.3, 0.4) is 0 Å². The Labute approximate surface area is 120 Å². The van der Waals surface area contributed by atoms with Crippen LogP contribution in [0.1, 0.15) is 44.7 Å². The predicted octanol–water partition coefficient (Wildman–Crippen LogP) is 3.44. The third-order valence-corrected chi connectivity index (χ3v) is 3.65. The molecule has 1 aromatic rings. The topological polar surface area (TPSA) is 30.5 Å². The molecule has 112 valence electrons. The molecule has 1 fully saturated rings. The number of nitrogens with one attached hydrogen (secondary N) is 1. The molecule has 20 heavy (non-hydrogen) atoms. The fraction of sp³-hybridized carbons (Fsp3) is 0.625. The standard InChI is InChI=1S/C16H24FNO2/c1-3-18-12(2)16-14(17)8-6-9-15(16)20-11-13-7-4-5-10-19-13/h6,8-9,12-13,18H,3-5,7,10-11H2,1-2H3. The minimum Gasteiger partial charge on any atom is -0.490 e. The summed E-state index contributed by atoms with van der Waals surface area (Å²) in [5.41, 5.74) is 0.602. The van der Waals surface area contributed by atoms with Crippen molar-refractivity contribution in [2.75, 3.05) is 19.8 Å². The SMILES string of the molecule is CCNC(C)c1c(F)cccc1OCC1CCCCO1. The van der Waals surface area contributed by atoms with E-state index < -0.39 is 0 Å². The highest BCUT2D eigenvalue weighted by molar-refractivity contribution is 5.37. The van der Waals surface area contributed by atoms with Crippen molar-refractivity contribution >= 4 is 0 Å². The second-order valence-electron chi connectivity index (χ2n) is 5.23. The fourth-order valence-electron chi connectivity index (χ4n) is 2.59. The molecule has 0 saturated carbocycles. The first kappa shape index (κ1) is 15.3. The second-order valence-corrected chi connectivity index (χ2v) is 5.23. The van der Waals surface area contributed by atoms with E-state index in [4.69, 9.17) is 9.47 Å². The van der Waals surface area contributed by atoms with Crippen LogP contribution in [0, 0.1) is 5.82 Å². The molecule has 1 aliphatic heterocycles. The highest BCUT2D eigenvalue weighted by atomic mass is 19.1. The molecule has 1 saturated heterocycles. The van der Waals surface area contributed by atoms with Crippen LogP contribution in [0.5, 0.6) is 5.75 Å². The first-order chi connectivity index (χ1) is 9.72. The Morgan fingerprint density at radius 3 is 3.00 bits per heavy atom. The van der Waals surface area contributed by atoms with Crippen LogP contribution in [-0.4, -0.2) is 25.9 Å². The number of benzene rings is 1. The van der Waals surface area contributed by atoms with Gasteiger partial charge in [-0.2, -0.15) is 0 Å². The van der Waals surface area contributed by atoms with E-state index in [-0.39, 0.29) is 18.0 Å². The molecule has 2 unspecified atom stereocenters. The zero-order valence-corrected chi connectivity index (χ0v) is 12.3. The van der Waals surface area contributed by atoms with Crippen molar-refractivity contribution in [1.29, 1.82) is 0 Å². The van der Waals surface area contributed by atoms with E-state index in [1.807, 2.05) is 19.9 Å². The monoisotopic (exact) mass is 281 g/mol. The van der Waals surface area contributed by atoms with Gasteiger partial charge >= 0.3 is 0 Å². The number of rotatable bonds is 6. The summed E-state index contributed by atoms with van der Waals surface area (Å²) in [4.78, 5) is 0. The predicted molar refractivity (Wildman–Crippen MR) is 77.6 cm³/mol. The summed E-state index contributed by atoms with van der Waals surface area (Å²) in [6.07, 6.45) is 3.46. The fourth-order valence-corrected chi connectivity index (χ4v) is 2.59. The first-order valence-corrected chi connectivity index (χ1v) is 7.48. The Bertz CT molecular complexity index is 419. The van der Waals surface area contributed by atoms with Crippen molar-refractivity contribution in [2.45, 2.75) is 45.3 Å². The summed E-state index contributed by atoms with van der Waals surface area (Å²) in [6.45, 7) is 6.05. The normalized spacial score (nSPS) is 20.6. The molecule has 2 atom stereocenters. The third kappa shape index (κ3) is 3.93. The molecule has 2 rings (SSSR count). The minimum absolute atomic E-state index is 0.0662. The highest BCUT2D eigenvalue weighted by Gasteiger charge is 2.19. The van der Waals surface area contributed by atoms with Gasteiger partial charge in [0.25, 0.3) is 0 Å². The average molecular weight is 281 g/mol. The summed E-state index contributed by atoms with van der Waals surface area (Å²) in [5, 5.41) is 3.23. The molecule has 1 aliphatic rings. The maximum Gasteiger partial charge on any atom is 0.131 e. The zero-order chi connectivity index (χ0) is 14.4. The largest absolute Gasteiger partial charge is 0.490 e. The van der Waals surface area contributed by atoms with Crippen LogP contribution >= 0.6 is 0 Å². The molecule has 0 amide bonds. The molecule has 0 bridgehead atoms. The Hall–Kier alpha value is -1.13. The molecular weight excluding hydrogens is 257 g/mol.